The fourth-order valence-electron chi connectivity index (χ4n) is 1.54. The third-order valence-corrected chi connectivity index (χ3v) is 7.52. The van der Waals surface area contributed by atoms with Gasteiger partial charge in [-0.15, -0.1) is 11.3 Å². The molecule has 0 atom stereocenters. The summed E-state index contributed by atoms with van der Waals surface area (Å²) in [7, 11) is -3.71. The molecule has 0 saturated carbocycles. The van der Waals surface area contributed by atoms with Gasteiger partial charge in [-0.1, -0.05) is 5.16 Å². The third-order valence-electron chi connectivity index (χ3n) is 2.42. The van der Waals surface area contributed by atoms with Crippen molar-refractivity contribution in [3.8, 4) is 0 Å². The highest BCUT2D eigenvalue weighted by Crippen LogP contribution is 2.37. The second-order valence-electron chi connectivity index (χ2n) is 3.87. The van der Waals surface area contributed by atoms with Crippen LogP contribution in [0.1, 0.15) is 15.4 Å². The van der Waals surface area contributed by atoms with Crippen LogP contribution in [-0.2, 0) is 10.0 Å². The van der Waals surface area contributed by atoms with Gasteiger partial charge in [-0.05, 0) is 52.6 Å². The Morgan fingerprint density at radius 1 is 1.16 bits per heavy atom. The standard InChI is InChI=1S/C10H10Br2N2O3S2/c1-4-7(11)10(17-13-4)14-19(15,16)9-6(3)18-5(2)8(9)12/h14H,1-3H3. The molecule has 0 saturated heterocycles. The Bertz CT molecular complexity index is 734. The van der Waals surface area contributed by atoms with E-state index in [1.807, 2.05) is 6.92 Å². The highest BCUT2D eigenvalue weighted by Gasteiger charge is 2.26. The van der Waals surface area contributed by atoms with E-state index >= 15 is 0 Å². The number of halogens is 2. The van der Waals surface area contributed by atoms with Gasteiger partial charge < -0.3 is 4.52 Å². The molecule has 1 N–H and O–H groups in total. The minimum Gasteiger partial charge on any atom is -0.336 e. The number of aryl methyl sites for hydroxylation is 3. The van der Waals surface area contributed by atoms with Crippen LogP contribution < -0.4 is 4.72 Å². The molecule has 2 aromatic heterocycles. The molecular weight excluding hydrogens is 420 g/mol. The Morgan fingerprint density at radius 3 is 2.21 bits per heavy atom. The number of anilines is 1. The summed E-state index contributed by atoms with van der Waals surface area (Å²) in [6.45, 7) is 5.33. The van der Waals surface area contributed by atoms with E-state index in [2.05, 4.69) is 41.7 Å². The molecule has 19 heavy (non-hydrogen) atoms. The first-order valence-electron chi connectivity index (χ1n) is 5.14. The van der Waals surface area contributed by atoms with E-state index in [0.717, 1.165) is 4.88 Å². The van der Waals surface area contributed by atoms with Crippen LogP contribution >= 0.6 is 43.2 Å². The third kappa shape index (κ3) is 2.74. The lowest BCUT2D eigenvalue weighted by molar-refractivity contribution is 0.430. The monoisotopic (exact) mass is 428 g/mol. The zero-order valence-corrected chi connectivity index (χ0v) is 15.0. The van der Waals surface area contributed by atoms with Crippen molar-refractivity contribution < 1.29 is 12.9 Å². The van der Waals surface area contributed by atoms with E-state index in [0.29, 0.717) is 19.5 Å². The van der Waals surface area contributed by atoms with Crippen molar-refractivity contribution in [2.45, 2.75) is 25.7 Å². The van der Waals surface area contributed by atoms with E-state index in [1.54, 1.807) is 13.8 Å². The highest BCUT2D eigenvalue weighted by atomic mass is 79.9. The maximum atomic E-state index is 12.4. The quantitative estimate of drug-likeness (QED) is 0.800. The Labute approximate surface area is 131 Å². The lowest BCUT2D eigenvalue weighted by atomic mass is 10.4. The van der Waals surface area contributed by atoms with Gasteiger partial charge in [-0.25, -0.2) is 13.1 Å². The Hall–Kier alpha value is -0.380. The van der Waals surface area contributed by atoms with Crippen LogP contribution in [0.2, 0.25) is 0 Å². The molecule has 9 heteroatoms. The van der Waals surface area contributed by atoms with E-state index in [-0.39, 0.29) is 10.8 Å². The lowest BCUT2D eigenvalue weighted by Crippen LogP contribution is -2.13. The first-order chi connectivity index (χ1) is 8.74. The van der Waals surface area contributed by atoms with E-state index in [1.165, 1.54) is 11.3 Å². The van der Waals surface area contributed by atoms with Crippen LogP contribution in [0.5, 0.6) is 0 Å². The maximum Gasteiger partial charge on any atom is 0.266 e. The summed E-state index contributed by atoms with van der Waals surface area (Å²) < 4.78 is 33.2. The van der Waals surface area contributed by atoms with Crippen molar-refractivity contribution in [3.63, 3.8) is 0 Å². The number of nitrogens with one attached hydrogen (secondary N) is 1. The van der Waals surface area contributed by atoms with Gasteiger partial charge in [-0.3, -0.25) is 0 Å². The first-order valence-corrected chi connectivity index (χ1v) is 9.02. The number of aromatic nitrogens is 1. The average Bonchev–Trinajstić information content (AvgIpc) is 2.73. The molecule has 5 nitrogen and oxygen atoms in total. The second-order valence-corrected chi connectivity index (χ2v) is 8.51. The van der Waals surface area contributed by atoms with Gasteiger partial charge in [0, 0.05) is 9.75 Å². The molecule has 0 radical (unpaired) electrons. The Morgan fingerprint density at radius 2 is 1.79 bits per heavy atom. The van der Waals surface area contributed by atoms with Gasteiger partial charge in [0.1, 0.15) is 9.37 Å². The Kier molecular flexibility index (Phi) is 4.10. The van der Waals surface area contributed by atoms with Crippen LogP contribution in [0.3, 0.4) is 0 Å². The first kappa shape index (κ1) is 15.0. The highest BCUT2D eigenvalue weighted by molar-refractivity contribution is 9.11. The van der Waals surface area contributed by atoms with Gasteiger partial charge >= 0.3 is 0 Å². The molecule has 0 fully saturated rings. The van der Waals surface area contributed by atoms with Crippen LogP contribution in [0, 0.1) is 20.8 Å². The van der Waals surface area contributed by atoms with Crippen molar-refractivity contribution in [3.05, 3.63) is 24.4 Å². The Balaban J connectivity index is 2.47. The largest absolute Gasteiger partial charge is 0.336 e. The van der Waals surface area contributed by atoms with E-state index in [4.69, 9.17) is 4.52 Å². The fourth-order valence-corrected chi connectivity index (χ4v) is 5.84. The number of rotatable bonds is 3. The molecule has 104 valence electrons. The SMILES string of the molecule is Cc1noc(NS(=O)(=O)c2c(C)sc(C)c2Br)c1Br. The van der Waals surface area contributed by atoms with Gasteiger partial charge in [0.25, 0.3) is 15.9 Å². The van der Waals surface area contributed by atoms with Gasteiger partial charge in [0.2, 0.25) is 0 Å². The number of sulfonamides is 1. The summed E-state index contributed by atoms with van der Waals surface area (Å²) in [5.74, 6) is 0.0765. The van der Waals surface area contributed by atoms with Crippen molar-refractivity contribution >= 4 is 59.1 Å². The molecular formula is C10H10Br2N2O3S2. The molecule has 0 aliphatic carbocycles. The van der Waals surface area contributed by atoms with Gasteiger partial charge in [0.15, 0.2) is 0 Å². The van der Waals surface area contributed by atoms with Crippen LogP contribution in [0.4, 0.5) is 5.88 Å². The minimum atomic E-state index is -3.71. The van der Waals surface area contributed by atoms with E-state index in [9.17, 15) is 8.42 Å². The lowest BCUT2D eigenvalue weighted by Gasteiger charge is -2.05. The maximum absolute atomic E-state index is 12.4. The summed E-state index contributed by atoms with van der Waals surface area (Å²) in [4.78, 5) is 1.85. The molecule has 2 heterocycles. The number of nitrogens with zero attached hydrogens (tertiary/aromatic N) is 1. The van der Waals surface area contributed by atoms with Crippen molar-refractivity contribution in [2.75, 3.05) is 4.72 Å². The topological polar surface area (TPSA) is 72.2 Å². The zero-order valence-electron chi connectivity index (χ0n) is 10.2. The van der Waals surface area contributed by atoms with Crippen molar-refractivity contribution in [1.29, 1.82) is 0 Å². The van der Waals surface area contributed by atoms with Crippen molar-refractivity contribution in [1.82, 2.24) is 5.16 Å². The molecule has 0 aromatic carbocycles. The van der Waals surface area contributed by atoms with Crippen LogP contribution in [0.15, 0.2) is 18.4 Å². The second kappa shape index (κ2) is 5.19. The summed E-state index contributed by atoms with van der Waals surface area (Å²) in [5.41, 5.74) is 0.579. The average molecular weight is 430 g/mol. The van der Waals surface area contributed by atoms with Crippen LogP contribution in [-0.4, -0.2) is 13.6 Å². The molecule has 2 rings (SSSR count). The van der Waals surface area contributed by atoms with E-state index < -0.39 is 10.0 Å². The summed E-state index contributed by atoms with van der Waals surface area (Å²) in [5, 5.41) is 3.69. The summed E-state index contributed by atoms with van der Waals surface area (Å²) >= 11 is 7.95. The predicted octanol–water partition coefficient (Wildman–Crippen LogP) is 3.99. The zero-order chi connectivity index (χ0) is 14.4. The molecule has 0 bridgehead atoms. The minimum absolute atomic E-state index is 0.0765. The van der Waals surface area contributed by atoms with Gasteiger partial charge in [0.05, 0.1) is 10.2 Å². The number of hydrogen-bond donors (Lipinski definition) is 1. The fraction of sp³-hybridized carbons (Fsp3) is 0.300. The summed E-state index contributed by atoms with van der Waals surface area (Å²) in [6, 6.07) is 0. The molecule has 0 amide bonds. The summed E-state index contributed by atoms with van der Waals surface area (Å²) in [6.07, 6.45) is 0. The molecule has 0 aliphatic rings. The number of hydrogen-bond acceptors (Lipinski definition) is 5. The predicted molar refractivity (Wildman–Crippen MR) is 81.2 cm³/mol. The molecule has 0 unspecified atom stereocenters. The van der Waals surface area contributed by atoms with Crippen molar-refractivity contribution in [2.24, 2.45) is 0 Å². The normalized spacial score (nSPS) is 11.8. The molecule has 0 spiro atoms. The smallest absolute Gasteiger partial charge is 0.266 e. The van der Waals surface area contributed by atoms with Crippen LogP contribution in [0.25, 0.3) is 0 Å². The number of thiophene rings is 1. The van der Waals surface area contributed by atoms with Gasteiger partial charge in [-0.2, -0.15) is 0 Å². The molecule has 2 aromatic rings. The molecule has 0 aliphatic heterocycles.